The first-order chi connectivity index (χ1) is 6.33. The van der Waals surface area contributed by atoms with Gasteiger partial charge in [0.25, 0.3) is 0 Å². The molecule has 0 aromatic carbocycles. The molecule has 1 heterocycles. The Morgan fingerprint density at radius 2 is 2.46 bits per heavy atom. The van der Waals surface area contributed by atoms with Crippen LogP contribution in [0.2, 0.25) is 0 Å². The maximum atomic E-state index is 5.28. The Kier molecular flexibility index (Phi) is 4.57. The summed E-state index contributed by atoms with van der Waals surface area (Å²) >= 11 is 0. The lowest BCUT2D eigenvalue weighted by atomic mass is 10.3. The molecule has 3 nitrogen and oxygen atoms in total. The van der Waals surface area contributed by atoms with Crippen molar-refractivity contribution < 1.29 is 9.15 Å². The zero-order valence-corrected chi connectivity index (χ0v) is 8.25. The molecule has 1 unspecified atom stereocenters. The van der Waals surface area contributed by atoms with Gasteiger partial charge in [-0.2, -0.15) is 0 Å². The molecule has 0 bridgehead atoms. The molecule has 1 atom stereocenters. The van der Waals surface area contributed by atoms with Gasteiger partial charge in [0.1, 0.15) is 0 Å². The smallest absolute Gasteiger partial charge is 0.0947 e. The monoisotopic (exact) mass is 183 g/mol. The molecule has 3 heteroatoms. The number of ether oxygens (including phenoxy) is 1. The Balaban J connectivity index is 2.11. The second-order valence-corrected chi connectivity index (χ2v) is 3.07. The van der Waals surface area contributed by atoms with E-state index in [9.17, 15) is 0 Å². The first-order valence-corrected chi connectivity index (χ1v) is 4.65. The first-order valence-electron chi connectivity index (χ1n) is 4.65. The van der Waals surface area contributed by atoms with Crippen molar-refractivity contribution in [3.05, 3.63) is 24.2 Å². The summed E-state index contributed by atoms with van der Waals surface area (Å²) in [5, 5.41) is 3.33. The van der Waals surface area contributed by atoms with Gasteiger partial charge in [0.15, 0.2) is 0 Å². The van der Waals surface area contributed by atoms with Gasteiger partial charge in [-0.1, -0.05) is 0 Å². The molecular formula is C10H17NO2. The maximum Gasteiger partial charge on any atom is 0.0947 e. The van der Waals surface area contributed by atoms with Crippen LogP contribution in [-0.2, 0) is 11.3 Å². The van der Waals surface area contributed by atoms with Crippen molar-refractivity contribution in [2.45, 2.75) is 26.4 Å². The molecule has 13 heavy (non-hydrogen) atoms. The maximum absolute atomic E-state index is 5.28. The van der Waals surface area contributed by atoms with Gasteiger partial charge in [-0.3, -0.25) is 0 Å². The average Bonchev–Trinajstić information content (AvgIpc) is 2.64. The predicted molar refractivity (Wildman–Crippen MR) is 51.5 cm³/mol. The van der Waals surface area contributed by atoms with E-state index >= 15 is 0 Å². The summed E-state index contributed by atoms with van der Waals surface area (Å²) in [7, 11) is 0. The van der Waals surface area contributed by atoms with Crippen LogP contribution in [-0.4, -0.2) is 19.3 Å². The van der Waals surface area contributed by atoms with Gasteiger partial charge in [0.05, 0.1) is 19.1 Å². The highest BCUT2D eigenvalue weighted by atomic mass is 16.5. The largest absolute Gasteiger partial charge is 0.472 e. The third kappa shape index (κ3) is 4.10. The molecule has 0 aliphatic rings. The minimum Gasteiger partial charge on any atom is -0.472 e. The average molecular weight is 183 g/mol. The summed E-state index contributed by atoms with van der Waals surface area (Å²) in [6, 6.07) is 2.34. The van der Waals surface area contributed by atoms with Crippen molar-refractivity contribution in [3.8, 4) is 0 Å². The van der Waals surface area contributed by atoms with E-state index in [1.165, 1.54) is 5.56 Å². The molecule has 0 radical (unpaired) electrons. The van der Waals surface area contributed by atoms with Crippen LogP contribution in [0.3, 0.4) is 0 Å². The summed E-state index contributed by atoms with van der Waals surface area (Å²) in [5.74, 6) is 0. The molecule has 0 fully saturated rings. The Hall–Kier alpha value is -0.800. The molecule has 1 aromatic rings. The standard InChI is InChI=1S/C10H17NO2/c1-3-12-7-9(2)11-6-10-4-5-13-8-10/h4-5,8-9,11H,3,6-7H2,1-2H3. The molecular weight excluding hydrogens is 166 g/mol. The first kappa shape index (κ1) is 10.3. The quantitative estimate of drug-likeness (QED) is 0.730. The van der Waals surface area contributed by atoms with E-state index in [-0.39, 0.29) is 0 Å². The highest BCUT2D eigenvalue weighted by molar-refractivity contribution is 5.04. The molecule has 0 spiro atoms. The molecule has 0 saturated carbocycles. The number of nitrogens with one attached hydrogen (secondary N) is 1. The normalized spacial score (nSPS) is 13.1. The molecule has 1 rings (SSSR count). The van der Waals surface area contributed by atoms with Crippen LogP contribution in [0.4, 0.5) is 0 Å². The lowest BCUT2D eigenvalue weighted by Crippen LogP contribution is -2.29. The summed E-state index contributed by atoms with van der Waals surface area (Å²) in [4.78, 5) is 0. The van der Waals surface area contributed by atoms with E-state index < -0.39 is 0 Å². The second-order valence-electron chi connectivity index (χ2n) is 3.07. The Labute approximate surface area is 79.1 Å². The van der Waals surface area contributed by atoms with Crippen molar-refractivity contribution in [1.82, 2.24) is 5.32 Å². The predicted octanol–water partition coefficient (Wildman–Crippen LogP) is 1.79. The van der Waals surface area contributed by atoms with Crippen molar-refractivity contribution in [1.29, 1.82) is 0 Å². The fourth-order valence-electron chi connectivity index (χ4n) is 1.04. The van der Waals surface area contributed by atoms with E-state index in [0.29, 0.717) is 6.04 Å². The van der Waals surface area contributed by atoms with Crippen LogP contribution in [0.5, 0.6) is 0 Å². The molecule has 1 aromatic heterocycles. The highest BCUT2D eigenvalue weighted by Crippen LogP contribution is 1.99. The molecule has 74 valence electrons. The van der Waals surface area contributed by atoms with Crippen molar-refractivity contribution in [2.75, 3.05) is 13.2 Å². The van der Waals surface area contributed by atoms with Crippen molar-refractivity contribution >= 4 is 0 Å². The highest BCUT2D eigenvalue weighted by Gasteiger charge is 2.01. The zero-order valence-electron chi connectivity index (χ0n) is 8.25. The molecule has 0 aliphatic heterocycles. The fraction of sp³-hybridized carbons (Fsp3) is 0.600. The van der Waals surface area contributed by atoms with Crippen molar-refractivity contribution in [3.63, 3.8) is 0 Å². The third-order valence-electron chi connectivity index (χ3n) is 1.81. The van der Waals surface area contributed by atoms with Crippen LogP contribution in [0.15, 0.2) is 23.0 Å². The lowest BCUT2D eigenvalue weighted by molar-refractivity contribution is 0.127. The van der Waals surface area contributed by atoms with Crippen LogP contribution >= 0.6 is 0 Å². The van der Waals surface area contributed by atoms with E-state index in [0.717, 1.165) is 19.8 Å². The Morgan fingerprint density at radius 3 is 3.08 bits per heavy atom. The zero-order chi connectivity index (χ0) is 9.52. The topological polar surface area (TPSA) is 34.4 Å². The molecule has 1 N–H and O–H groups in total. The van der Waals surface area contributed by atoms with Gasteiger partial charge in [-0.25, -0.2) is 0 Å². The fourth-order valence-corrected chi connectivity index (χ4v) is 1.04. The summed E-state index contributed by atoms with van der Waals surface area (Å²) in [6.07, 6.45) is 3.44. The third-order valence-corrected chi connectivity index (χ3v) is 1.81. The second kappa shape index (κ2) is 5.78. The minimum absolute atomic E-state index is 0.384. The summed E-state index contributed by atoms with van der Waals surface area (Å²) in [6.45, 7) is 6.48. The molecule has 0 amide bonds. The summed E-state index contributed by atoms with van der Waals surface area (Å²) in [5.41, 5.74) is 1.17. The van der Waals surface area contributed by atoms with Gasteiger partial charge < -0.3 is 14.5 Å². The van der Waals surface area contributed by atoms with Gasteiger partial charge in [0, 0.05) is 24.8 Å². The van der Waals surface area contributed by atoms with Gasteiger partial charge in [0.2, 0.25) is 0 Å². The number of hydrogen-bond donors (Lipinski definition) is 1. The SMILES string of the molecule is CCOCC(C)NCc1ccoc1. The molecule has 0 saturated heterocycles. The number of rotatable bonds is 6. The van der Waals surface area contributed by atoms with Gasteiger partial charge >= 0.3 is 0 Å². The van der Waals surface area contributed by atoms with Gasteiger partial charge in [-0.05, 0) is 19.9 Å². The van der Waals surface area contributed by atoms with Crippen LogP contribution < -0.4 is 5.32 Å². The Bertz CT molecular complexity index is 209. The van der Waals surface area contributed by atoms with E-state index in [1.807, 2.05) is 13.0 Å². The van der Waals surface area contributed by atoms with Gasteiger partial charge in [-0.15, -0.1) is 0 Å². The lowest BCUT2D eigenvalue weighted by Gasteiger charge is -2.12. The van der Waals surface area contributed by atoms with Crippen LogP contribution in [0, 0.1) is 0 Å². The van der Waals surface area contributed by atoms with E-state index in [2.05, 4.69) is 12.2 Å². The number of furan rings is 1. The molecule has 0 aliphatic carbocycles. The van der Waals surface area contributed by atoms with Crippen LogP contribution in [0.1, 0.15) is 19.4 Å². The number of hydrogen-bond acceptors (Lipinski definition) is 3. The van der Waals surface area contributed by atoms with E-state index in [4.69, 9.17) is 9.15 Å². The Morgan fingerprint density at radius 1 is 1.62 bits per heavy atom. The van der Waals surface area contributed by atoms with Crippen molar-refractivity contribution in [2.24, 2.45) is 0 Å². The summed E-state index contributed by atoms with van der Waals surface area (Å²) < 4.78 is 10.2. The van der Waals surface area contributed by atoms with Crippen LogP contribution in [0.25, 0.3) is 0 Å². The van der Waals surface area contributed by atoms with E-state index in [1.54, 1.807) is 12.5 Å². The minimum atomic E-state index is 0.384.